The van der Waals surface area contributed by atoms with Crippen LogP contribution >= 0.6 is 0 Å². The third-order valence-electron chi connectivity index (χ3n) is 3.51. The summed E-state index contributed by atoms with van der Waals surface area (Å²) in [5.74, 6) is -0.0753. The van der Waals surface area contributed by atoms with Crippen molar-refractivity contribution in [3.8, 4) is 0 Å². The number of carbonyl (C=O) groups excluding carboxylic acids is 1. The first kappa shape index (κ1) is 14.3. The van der Waals surface area contributed by atoms with E-state index in [1.54, 1.807) is 35.9 Å². The van der Waals surface area contributed by atoms with Crippen LogP contribution in [0.5, 0.6) is 0 Å². The van der Waals surface area contributed by atoms with Crippen molar-refractivity contribution in [1.29, 1.82) is 0 Å². The Labute approximate surface area is 119 Å². The van der Waals surface area contributed by atoms with Gasteiger partial charge in [-0.2, -0.15) is 10.2 Å². The lowest BCUT2D eigenvalue weighted by Gasteiger charge is -2.16. The van der Waals surface area contributed by atoms with Gasteiger partial charge in [-0.15, -0.1) is 0 Å². The molecule has 0 radical (unpaired) electrons. The van der Waals surface area contributed by atoms with E-state index in [0.29, 0.717) is 12.2 Å². The van der Waals surface area contributed by atoms with E-state index in [2.05, 4.69) is 17.1 Å². The summed E-state index contributed by atoms with van der Waals surface area (Å²) in [7, 11) is 3.59. The highest BCUT2D eigenvalue weighted by atomic mass is 16.2. The van der Waals surface area contributed by atoms with Crippen molar-refractivity contribution in [3.05, 3.63) is 34.9 Å². The Morgan fingerprint density at radius 1 is 1.35 bits per heavy atom. The molecule has 0 saturated carbocycles. The fourth-order valence-corrected chi connectivity index (χ4v) is 2.30. The van der Waals surface area contributed by atoms with Gasteiger partial charge in [-0.1, -0.05) is 0 Å². The van der Waals surface area contributed by atoms with Crippen LogP contribution in [-0.4, -0.2) is 37.4 Å². The highest BCUT2D eigenvalue weighted by molar-refractivity contribution is 5.91. The summed E-state index contributed by atoms with van der Waals surface area (Å²) < 4.78 is 3.59. The van der Waals surface area contributed by atoms with Crippen molar-refractivity contribution in [2.45, 2.75) is 33.9 Å². The molecule has 2 heterocycles. The van der Waals surface area contributed by atoms with Crippen LogP contribution in [-0.2, 0) is 20.1 Å². The van der Waals surface area contributed by atoms with Crippen LogP contribution < -0.4 is 0 Å². The van der Waals surface area contributed by atoms with Crippen molar-refractivity contribution in [2.75, 3.05) is 7.05 Å². The molecule has 0 unspecified atom stereocenters. The maximum Gasteiger partial charge on any atom is 0.274 e. The van der Waals surface area contributed by atoms with Gasteiger partial charge in [0.1, 0.15) is 5.69 Å². The molecule has 0 N–H and O–H groups in total. The fourth-order valence-electron chi connectivity index (χ4n) is 2.30. The zero-order valence-corrected chi connectivity index (χ0v) is 12.7. The van der Waals surface area contributed by atoms with Gasteiger partial charge < -0.3 is 4.90 Å². The minimum Gasteiger partial charge on any atom is -0.336 e. The molecule has 0 aliphatic rings. The predicted octanol–water partition coefficient (Wildman–Crippen LogP) is 1.53. The molecule has 0 atom stereocenters. The van der Waals surface area contributed by atoms with Crippen LogP contribution in [0, 0.1) is 13.8 Å². The lowest BCUT2D eigenvalue weighted by atomic mass is 10.2. The van der Waals surface area contributed by atoms with E-state index in [1.807, 2.05) is 18.5 Å². The van der Waals surface area contributed by atoms with Crippen molar-refractivity contribution in [3.63, 3.8) is 0 Å². The van der Waals surface area contributed by atoms with Crippen LogP contribution in [0.25, 0.3) is 0 Å². The Morgan fingerprint density at radius 3 is 2.55 bits per heavy atom. The van der Waals surface area contributed by atoms with E-state index in [9.17, 15) is 4.79 Å². The molecular formula is C14H21N5O. The van der Waals surface area contributed by atoms with Gasteiger partial charge in [0.05, 0.1) is 5.69 Å². The van der Waals surface area contributed by atoms with Crippen molar-refractivity contribution >= 4 is 5.91 Å². The lowest BCUT2D eigenvalue weighted by molar-refractivity contribution is 0.0778. The van der Waals surface area contributed by atoms with Gasteiger partial charge in [0.15, 0.2) is 0 Å². The Balaban J connectivity index is 2.17. The number of nitrogens with zero attached hydrogens (tertiary/aromatic N) is 5. The van der Waals surface area contributed by atoms with E-state index in [-0.39, 0.29) is 5.91 Å². The molecule has 0 aliphatic carbocycles. The van der Waals surface area contributed by atoms with E-state index in [0.717, 1.165) is 23.5 Å². The molecule has 0 aromatic carbocycles. The largest absolute Gasteiger partial charge is 0.336 e. The molecular weight excluding hydrogens is 254 g/mol. The van der Waals surface area contributed by atoms with Gasteiger partial charge in [-0.05, 0) is 26.8 Å². The van der Waals surface area contributed by atoms with Gasteiger partial charge >= 0.3 is 0 Å². The molecule has 0 fully saturated rings. The maximum absolute atomic E-state index is 12.3. The zero-order chi connectivity index (χ0) is 14.9. The van der Waals surface area contributed by atoms with Gasteiger partial charge in [0.2, 0.25) is 0 Å². The van der Waals surface area contributed by atoms with Crippen molar-refractivity contribution < 1.29 is 4.79 Å². The number of rotatable bonds is 4. The first-order valence-electron chi connectivity index (χ1n) is 6.72. The van der Waals surface area contributed by atoms with Crippen LogP contribution in [0.1, 0.15) is 34.4 Å². The summed E-state index contributed by atoms with van der Waals surface area (Å²) in [5, 5.41) is 8.62. The first-order valence-corrected chi connectivity index (χ1v) is 6.72. The van der Waals surface area contributed by atoms with E-state index >= 15 is 0 Å². The van der Waals surface area contributed by atoms with Crippen LogP contribution in [0.4, 0.5) is 0 Å². The van der Waals surface area contributed by atoms with Crippen LogP contribution in [0.15, 0.2) is 12.3 Å². The average molecular weight is 275 g/mol. The highest BCUT2D eigenvalue weighted by Gasteiger charge is 2.18. The summed E-state index contributed by atoms with van der Waals surface area (Å²) in [5.41, 5.74) is 3.67. The Hall–Kier alpha value is -2.11. The molecule has 6 nitrogen and oxygen atoms in total. The zero-order valence-electron chi connectivity index (χ0n) is 12.7. The summed E-state index contributed by atoms with van der Waals surface area (Å²) in [6.45, 7) is 7.47. The van der Waals surface area contributed by atoms with E-state index < -0.39 is 0 Å². The van der Waals surface area contributed by atoms with Crippen LogP contribution in [0.2, 0.25) is 0 Å². The van der Waals surface area contributed by atoms with Crippen molar-refractivity contribution in [2.24, 2.45) is 7.05 Å². The number of hydrogen-bond acceptors (Lipinski definition) is 3. The topological polar surface area (TPSA) is 56.0 Å². The second kappa shape index (κ2) is 5.48. The summed E-state index contributed by atoms with van der Waals surface area (Å²) in [4.78, 5) is 14.0. The number of aryl methyl sites for hydroxylation is 3. The van der Waals surface area contributed by atoms with Gasteiger partial charge in [0.25, 0.3) is 5.91 Å². The summed E-state index contributed by atoms with van der Waals surface area (Å²) in [6, 6.07) is 1.73. The number of amides is 1. The van der Waals surface area contributed by atoms with Crippen LogP contribution in [0.3, 0.4) is 0 Å². The predicted molar refractivity (Wildman–Crippen MR) is 76.4 cm³/mol. The summed E-state index contributed by atoms with van der Waals surface area (Å²) in [6.07, 6.45) is 1.77. The molecule has 6 heteroatoms. The molecule has 2 aromatic heterocycles. The molecule has 0 bridgehead atoms. The molecule has 20 heavy (non-hydrogen) atoms. The minimum absolute atomic E-state index is 0.0753. The van der Waals surface area contributed by atoms with Crippen molar-refractivity contribution in [1.82, 2.24) is 24.5 Å². The number of aromatic nitrogens is 4. The third-order valence-corrected chi connectivity index (χ3v) is 3.51. The Kier molecular flexibility index (Phi) is 3.92. The number of hydrogen-bond donors (Lipinski definition) is 0. The molecule has 1 amide bonds. The molecule has 0 aliphatic heterocycles. The van der Waals surface area contributed by atoms with Gasteiger partial charge in [0, 0.05) is 44.6 Å². The highest BCUT2D eigenvalue weighted by Crippen LogP contribution is 2.16. The smallest absolute Gasteiger partial charge is 0.274 e. The SMILES string of the molecule is CCn1nc(C)c(CN(C)C(=O)c2ccn(C)n2)c1C. The first-order chi connectivity index (χ1) is 9.43. The summed E-state index contributed by atoms with van der Waals surface area (Å²) >= 11 is 0. The van der Waals surface area contributed by atoms with E-state index in [1.165, 1.54) is 0 Å². The van der Waals surface area contributed by atoms with E-state index in [4.69, 9.17) is 0 Å². The second-order valence-electron chi connectivity index (χ2n) is 5.00. The monoisotopic (exact) mass is 275 g/mol. The maximum atomic E-state index is 12.3. The quantitative estimate of drug-likeness (QED) is 0.850. The molecule has 0 saturated heterocycles. The fraction of sp³-hybridized carbons (Fsp3) is 0.500. The van der Waals surface area contributed by atoms with Gasteiger partial charge in [-0.3, -0.25) is 14.2 Å². The molecule has 0 spiro atoms. The standard InChI is InChI=1S/C14H21N5O/c1-6-19-11(3)12(10(2)15-19)9-17(4)14(20)13-7-8-18(5)16-13/h7-8H,6,9H2,1-5H3. The third kappa shape index (κ3) is 2.59. The number of carbonyl (C=O) groups is 1. The average Bonchev–Trinajstić information content (AvgIpc) is 2.96. The van der Waals surface area contributed by atoms with Gasteiger partial charge in [-0.25, -0.2) is 0 Å². The normalized spacial score (nSPS) is 10.8. The molecule has 108 valence electrons. The molecule has 2 aromatic rings. The molecule has 2 rings (SSSR count). The Bertz CT molecular complexity index is 626. The Morgan fingerprint density at radius 2 is 2.05 bits per heavy atom. The second-order valence-corrected chi connectivity index (χ2v) is 5.00. The lowest BCUT2D eigenvalue weighted by Crippen LogP contribution is -2.27. The minimum atomic E-state index is -0.0753.